The number of halogens is 4. The van der Waals surface area contributed by atoms with Gasteiger partial charge in [-0.05, 0) is 129 Å². The number of aliphatic hydroxyl groups excluding tert-OH is 1. The summed E-state index contributed by atoms with van der Waals surface area (Å²) in [5.74, 6) is -16.5. The number of nitrogens with two attached hydrogens (primary N) is 1. The van der Waals surface area contributed by atoms with Gasteiger partial charge in [-0.3, -0.25) is 14.4 Å². The minimum Gasteiger partial charge on any atom is -0.477 e. The van der Waals surface area contributed by atoms with Crippen molar-refractivity contribution < 1.29 is 47.0 Å². The van der Waals surface area contributed by atoms with E-state index in [1.54, 1.807) is 6.07 Å². The lowest BCUT2D eigenvalue weighted by molar-refractivity contribution is -0.231. The number of rotatable bonds is 14. The molecule has 2 fully saturated rings. The zero-order chi connectivity index (χ0) is 42.5. The quantitative estimate of drug-likeness (QED) is 0.0774. The van der Waals surface area contributed by atoms with Crippen molar-refractivity contribution in [1.82, 2.24) is 25.8 Å². The number of hydrogen-bond acceptors (Lipinski definition) is 8. The Balaban J connectivity index is 1.14. The van der Waals surface area contributed by atoms with Gasteiger partial charge in [-0.1, -0.05) is 30.3 Å². The number of aliphatic hydroxyl groups is 1. The maximum Gasteiger partial charge on any atom is 0.411 e. The van der Waals surface area contributed by atoms with E-state index in [2.05, 4.69) is 26.1 Å². The second kappa shape index (κ2) is 18.1. The van der Waals surface area contributed by atoms with Crippen LogP contribution in [0.15, 0.2) is 66.7 Å². The van der Waals surface area contributed by atoms with Gasteiger partial charge >= 0.3 is 17.8 Å². The van der Waals surface area contributed by atoms with Crippen molar-refractivity contribution in [2.75, 3.05) is 11.9 Å². The predicted molar refractivity (Wildman–Crippen MR) is 209 cm³/mol. The van der Waals surface area contributed by atoms with Crippen molar-refractivity contribution >= 4 is 29.4 Å². The van der Waals surface area contributed by atoms with Crippen LogP contribution in [0.2, 0.25) is 0 Å². The number of nitrogens with zero attached hydrogens (tertiary/aromatic N) is 2. The van der Waals surface area contributed by atoms with Gasteiger partial charge in [0, 0.05) is 35.2 Å². The number of aryl methyl sites for hydroxylation is 1. The molecule has 4 aromatic rings. The van der Waals surface area contributed by atoms with E-state index in [4.69, 9.17) is 10.8 Å². The van der Waals surface area contributed by atoms with Crippen LogP contribution in [0.3, 0.4) is 0 Å². The number of nitrogens with one attached hydrogen (secondary N) is 4. The number of carboxylic acid groups (broad SMARTS) is 1. The van der Waals surface area contributed by atoms with Gasteiger partial charge in [0.1, 0.15) is 6.04 Å². The second-order valence-corrected chi connectivity index (χ2v) is 15.5. The number of amides is 3. The third-order valence-corrected chi connectivity index (χ3v) is 11.3. The molecular weight excluding hydrogens is 774 g/mol. The molecule has 0 bridgehead atoms. The van der Waals surface area contributed by atoms with Gasteiger partial charge in [0.15, 0.2) is 5.82 Å². The van der Waals surface area contributed by atoms with E-state index in [0.29, 0.717) is 43.7 Å². The molecule has 1 unspecified atom stereocenters. The van der Waals surface area contributed by atoms with E-state index in [1.807, 2.05) is 48.3 Å². The smallest absolute Gasteiger partial charge is 0.411 e. The normalized spacial score (nSPS) is 20.3. The zero-order valence-corrected chi connectivity index (χ0v) is 32.3. The van der Waals surface area contributed by atoms with Crippen LogP contribution in [-0.2, 0) is 26.7 Å². The Hall–Kier alpha value is -5.68. The summed E-state index contributed by atoms with van der Waals surface area (Å²) in [5.41, 5.74) is 10.2. The Labute approximate surface area is 337 Å². The number of carboxylic acids is 1. The number of hydrogen-bond donors (Lipinski definition) is 7. The highest BCUT2D eigenvalue weighted by atomic mass is 19.3. The fourth-order valence-electron chi connectivity index (χ4n) is 7.59. The molecule has 1 atom stereocenters. The second-order valence-electron chi connectivity index (χ2n) is 15.5. The number of aromatic nitrogens is 3. The monoisotopic (exact) mass is 821 g/mol. The molecule has 1 heterocycles. The van der Waals surface area contributed by atoms with E-state index in [9.17, 15) is 41.8 Å². The Bertz CT molecular complexity index is 2130. The van der Waals surface area contributed by atoms with Crippen molar-refractivity contribution in [3.8, 4) is 22.5 Å². The van der Waals surface area contributed by atoms with Crippen molar-refractivity contribution in [2.24, 2.45) is 17.6 Å². The molecular formula is C42H47F4N7O6. The number of H-pyrrole nitrogens is 1. The van der Waals surface area contributed by atoms with Gasteiger partial charge < -0.3 is 36.9 Å². The number of benzene rings is 3. The van der Waals surface area contributed by atoms with Crippen molar-refractivity contribution in [2.45, 2.75) is 94.7 Å². The van der Waals surface area contributed by atoms with Gasteiger partial charge in [0.05, 0.1) is 6.10 Å². The van der Waals surface area contributed by atoms with E-state index < -0.39 is 35.6 Å². The lowest BCUT2D eigenvalue weighted by atomic mass is 9.81. The van der Waals surface area contributed by atoms with E-state index in [-0.39, 0.29) is 53.4 Å². The molecule has 8 N–H and O–H groups in total. The number of carbonyl (C=O) groups is 4. The number of anilines is 1. The summed E-state index contributed by atoms with van der Waals surface area (Å²) < 4.78 is 55.9. The first kappa shape index (κ1) is 42.9. The Morgan fingerprint density at radius 1 is 0.864 bits per heavy atom. The fraction of sp³-hybridized carbons (Fsp3) is 0.429. The molecule has 6 rings (SSSR count). The summed E-state index contributed by atoms with van der Waals surface area (Å²) >= 11 is 0. The highest BCUT2D eigenvalue weighted by Crippen LogP contribution is 2.42. The highest BCUT2D eigenvalue weighted by Gasteiger charge is 2.65. The maximum absolute atomic E-state index is 14.3. The fourth-order valence-corrected chi connectivity index (χ4v) is 7.59. The first-order chi connectivity index (χ1) is 28.0. The molecule has 2 saturated carbocycles. The lowest BCUT2D eigenvalue weighted by Crippen LogP contribution is -2.48. The SMILES string of the molecule is Cc1cc(C(=O)N[C@H]2CC[C@H](O)CC2)ccc1-c1ccc(CC(NC(=O)C2CCC(CN)CC2)C(=O)Nc2ccc(-c3nnc(C(F)(F)C(F)(F)C(=O)O)[nH]3)cc2)cc1. The van der Waals surface area contributed by atoms with Crippen LogP contribution < -0.4 is 21.7 Å². The van der Waals surface area contributed by atoms with Crippen LogP contribution in [0.5, 0.6) is 0 Å². The molecule has 0 saturated heterocycles. The predicted octanol–water partition coefficient (Wildman–Crippen LogP) is 5.72. The van der Waals surface area contributed by atoms with Crippen LogP contribution in [-0.4, -0.2) is 79.7 Å². The topological polar surface area (TPSA) is 212 Å². The van der Waals surface area contributed by atoms with E-state index in [0.717, 1.165) is 47.9 Å². The summed E-state index contributed by atoms with van der Waals surface area (Å²) in [4.78, 5) is 52.9. The molecule has 3 aromatic carbocycles. The standard InChI is InChI=1S/C42H47F4N7O6/c1-23-20-29(37(56)48-31-15-17-32(54)18-16-31)12-19-33(23)26-6-2-24(3-7-26)21-34(50-36(55)28-8-4-25(22-47)5-9-28)38(57)49-30-13-10-27(11-14-30)35-51-39(53-52-35)41(43,44)42(45,46)40(58)59/h2-3,6-7,10-14,19-20,25,28,31-32,34,54H,4-5,8-9,15-18,21-22,47H2,1H3,(H,48,56)(H,49,57)(H,50,55)(H,58,59)(H,51,52,53)/t25?,28?,31-,32-,34?. The minimum atomic E-state index is -5.44. The summed E-state index contributed by atoms with van der Waals surface area (Å²) in [6.07, 6.45) is 5.53. The van der Waals surface area contributed by atoms with Crippen molar-refractivity contribution in [3.63, 3.8) is 0 Å². The molecule has 2 aliphatic carbocycles. The van der Waals surface area contributed by atoms with Gasteiger partial charge in [0.25, 0.3) is 5.91 Å². The zero-order valence-electron chi connectivity index (χ0n) is 32.3. The van der Waals surface area contributed by atoms with Crippen LogP contribution in [0.4, 0.5) is 23.2 Å². The van der Waals surface area contributed by atoms with Crippen molar-refractivity contribution in [3.05, 3.63) is 89.2 Å². The molecule has 2 aliphatic rings. The highest BCUT2D eigenvalue weighted by molar-refractivity contribution is 5.98. The molecule has 0 radical (unpaired) electrons. The third-order valence-electron chi connectivity index (χ3n) is 11.3. The molecule has 314 valence electrons. The van der Waals surface area contributed by atoms with Crippen LogP contribution in [0, 0.1) is 18.8 Å². The summed E-state index contributed by atoms with van der Waals surface area (Å²) in [6, 6.07) is 17.6. The Kier molecular flexibility index (Phi) is 13.1. The molecule has 59 heavy (non-hydrogen) atoms. The van der Waals surface area contributed by atoms with Crippen LogP contribution in [0.1, 0.15) is 78.7 Å². The van der Waals surface area contributed by atoms with Crippen LogP contribution in [0.25, 0.3) is 22.5 Å². The van der Waals surface area contributed by atoms with Crippen molar-refractivity contribution in [1.29, 1.82) is 0 Å². The first-order valence-corrected chi connectivity index (χ1v) is 19.6. The number of alkyl halides is 4. The molecule has 1 aromatic heterocycles. The third kappa shape index (κ3) is 9.96. The van der Waals surface area contributed by atoms with E-state index in [1.165, 1.54) is 24.3 Å². The van der Waals surface area contributed by atoms with Gasteiger partial charge in [-0.15, -0.1) is 10.2 Å². The number of aliphatic carboxylic acids is 1. The van der Waals surface area contributed by atoms with Gasteiger partial charge in [-0.25, -0.2) is 4.79 Å². The maximum atomic E-state index is 14.3. The number of aromatic amines is 1. The van der Waals surface area contributed by atoms with Gasteiger partial charge in [0.2, 0.25) is 17.6 Å². The summed E-state index contributed by atoms with van der Waals surface area (Å²) in [5, 5.41) is 33.6. The van der Waals surface area contributed by atoms with Gasteiger partial charge in [-0.2, -0.15) is 17.6 Å². The molecule has 3 amide bonds. The van der Waals surface area contributed by atoms with Crippen LogP contribution >= 0.6 is 0 Å². The Morgan fingerprint density at radius 2 is 1.51 bits per heavy atom. The minimum absolute atomic E-state index is 0.0295. The average molecular weight is 822 g/mol. The Morgan fingerprint density at radius 3 is 2.12 bits per heavy atom. The summed E-state index contributed by atoms with van der Waals surface area (Å²) in [7, 11) is 0. The molecule has 0 spiro atoms. The average Bonchev–Trinajstić information content (AvgIpc) is 3.73. The largest absolute Gasteiger partial charge is 0.477 e. The molecule has 17 heteroatoms. The lowest BCUT2D eigenvalue weighted by Gasteiger charge is -2.28. The van der Waals surface area contributed by atoms with E-state index >= 15 is 0 Å². The molecule has 13 nitrogen and oxygen atoms in total. The molecule has 0 aliphatic heterocycles. The summed E-state index contributed by atoms with van der Waals surface area (Å²) in [6.45, 7) is 2.47. The number of carbonyl (C=O) groups excluding carboxylic acids is 3. The first-order valence-electron chi connectivity index (χ1n) is 19.6.